The number of hydrogen-bond donors (Lipinski definition) is 4. The van der Waals surface area contributed by atoms with Gasteiger partial charge in [-0.15, -0.1) is 0 Å². The molecule has 0 unspecified atom stereocenters. The van der Waals surface area contributed by atoms with Crippen LogP contribution in [0.2, 0.25) is 5.02 Å². The van der Waals surface area contributed by atoms with E-state index in [1.807, 2.05) is 61.5 Å². The van der Waals surface area contributed by atoms with E-state index < -0.39 is 12.1 Å². The van der Waals surface area contributed by atoms with Crippen molar-refractivity contribution in [3.05, 3.63) is 93.5 Å². The van der Waals surface area contributed by atoms with Crippen LogP contribution < -0.4 is 11.1 Å². The van der Waals surface area contributed by atoms with Gasteiger partial charge in [0.2, 0.25) is 0 Å². The molecule has 6 nitrogen and oxygen atoms in total. The molecule has 1 atom stereocenters. The number of aliphatic hydroxyl groups is 1. The number of β-amino-alcohol motifs (C(OH)–C–C–N with tert-alkyl or cyclic N) is 1. The molecule has 0 bridgehead atoms. The molecule has 37 heavy (non-hydrogen) atoms. The summed E-state index contributed by atoms with van der Waals surface area (Å²) in [6, 6.07) is 19.3. The summed E-state index contributed by atoms with van der Waals surface area (Å²) in [5.74, 6) is -0.944. The topological polar surface area (TPSA) is 105 Å². The fourth-order valence-electron chi connectivity index (χ4n) is 4.48. The van der Waals surface area contributed by atoms with E-state index in [0.717, 1.165) is 39.8 Å². The molecule has 0 saturated carbocycles. The Labute approximate surface area is 224 Å². The summed E-state index contributed by atoms with van der Waals surface area (Å²) in [5, 5.41) is 24.1. The molecule has 0 fully saturated rings. The van der Waals surface area contributed by atoms with E-state index in [0.29, 0.717) is 36.7 Å². The van der Waals surface area contributed by atoms with Crippen LogP contribution in [-0.2, 0) is 24.1 Å². The Morgan fingerprint density at radius 2 is 1.86 bits per heavy atom. The van der Waals surface area contributed by atoms with Gasteiger partial charge in [0.25, 0.3) is 0 Å². The van der Waals surface area contributed by atoms with Gasteiger partial charge in [-0.25, -0.2) is 4.79 Å². The highest BCUT2D eigenvalue weighted by molar-refractivity contribution is 6.31. The fourth-order valence-corrected chi connectivity index (χ4v) is 4.76. The number of aromatic carboxylic acids is 1. The van der Waals surface area contributed by atoms with E-state index >= 15 is 0 Å². The first-order valence-electron chi connectivity index (χ1n) is 12.5. The number of carboxylic acids is 1. The Kier molecular flexibility index (Phi) is 10.3. The first kappa shape index (κ1) is 28.8. The summed E-state index contributed by atoms with van der Waals surface area (Å²) in [6.07, 6.45) is 0.608. The van der Waals surface area contributed by atoms with Gasteiger partial charge in [-0.2, -0.15) is 0 Å². The molecule has 0 aliphatic carbocycles. The molecular weight excluding hydrogens is 488 g/mol. The lowest BCUT2D eigenvalue weighted by Crippen LogP contribution is -2.46. The highest BCUT2D eigenvalue weighted by Crippen LogP contribution is 2.29. The van der Waals surface area contributed by atoms with Crippen molar-refractivity contribution in [1.82, 2.24) is 5.32 Å². The average molecular weight is 525 g/mol. The summed E-state index contributed by atoms with van der Waals surface area (Å²) >= 11 is 6.29. The van der Waals surface area contributed by atoms with E-state index in [4.69, 9.17) is 22.1 Å². The first-order chi connectivity index (χ1) is 17.6. The molecule has 0 heterocycles. The van der Waals surface area contributed by atoms with Crippen molar-refractivity contribution < 1.29 is 19.7 Å². The van der Waals surface area contributed by atoms with Crippen LogP contribution in [0.1, 0.15) is 46.5 Å². The Bertz CT molecular complexity index is 1200. The highest BCUT2D eigenvalue weighted by atomic mass is 35.5. The second-order valence-corrected chi connectivity index (χ2v) is 10.4. The van der Waals surface area contributed by atoms with Crippen LogP contribution in [0.5, 0.6) is 0 Å². The molecule has 198 valence electrons. The number of ether oxygens (including phenoxy) is 1. The predicted molar refractivity (Wildman–Crippen MR) is 149 cm³/mol. The number of nitrogens with one attached hydrogen (secondary N) is 1. The van der Waals surface area contributed by atoms with E-state index in [9.17, 15) is 15.0 Å². The van der Waals surface area contributed by atoms with Crippen LogP contribution in [0.25, 0.3) is 11.1 Å². The van der Waals surface area contributed by atoms with Gasteiger partial charge in [0.05, 0.1) is 24.9 Å². The number of halogens is 1. The van der Waals surface area contributed by atoms with Crippen molar-refractivity contribution in [2.75, 3.05) is 19.8 Å². The Morgan fingerprint density at radius 3 is 2.51 bits per heavy atom. The minimum Gasteiger partial charge on any atom is -0.478 e. The average Bonchev–Trinajstić information content (AvgIpc) is 2.86. The standard InChI is InChI=1S/C30H37ClN2O4/c1-20-25(27(12-11-26(20)29(35)36)22-7-5-4-6-8-22)13-14-37-19-24(34)18-33-30(2,3)16-21-9-10-23(17-32)28(31)15-21/h4-12,15,24,33-34H,13-14,16-19,32H2,1-3H3,(H,35,36)/t24-/m1/s1. The van der Waals surface area contributed by atoms with E-state index in [1.165, 1.54) is 0 Å². The number of aliphatic hydroxyl groups excluding tert-OH is 1. The van der Waals surface area contributed by atoms with Crippen LogP contribution in [-0.4, -0.2) is 47.6 Å². The summed E-state index contributed by atoms with van der Waals surface area (Å²) in [4.78, 5) is 11.7. The molecule has 0 saturated heterocycles. The third kappa shape index (κ3) is 8.12. The normalized spacial score (nSPS) is 12.5. The van der Waals surface area contributed by atoms with Gasteiger partial charge >= 0.3 is 5.97 Å². The summed E-state index contributed by atoms with van der Waals surface area (Å²) in [6.45, 7) is 7.33. The minimum absolute atomic E-state index is 0.179. The Hall–Kier alpha value is -2.74. The zero-order chi connectivity index (χ0) is 27.0. The molecule has 0 aliphatic heterocycles. The number of hydrogen-bond acceptors (Lipinski definition) is 5. The van der Waals surface area contributed by atoms with Crippen LogP contribution in [0.4, 0.5) is 0 Å². The smallest absolute Gasteiger partial charge is 0.335 e. The van der Waals surface area contributed by atoms with Gasteiger partial charge < -0.3 is 26.0 Å². The van der Waals surface area contributed by atoms with Crippen LogP contribution in [0.3, 0.4) is 0 Å². The van der Waals surface area contributed by atoms with Crippen molar-refractivity contribution in [1.29, 1.82) is 0 Å². The zero-order valence-electron chi connectivity index (χ0n) is 21.8. The quantitative estimate of drug-likeness (QED) is 0.234. The summed E-state index contributed by atoms with van der Waals surface area (Å²) in [7, 11) is 0. The highest BCUT2D eigenvalue weighted by Gasteiger charge is 2.20. The van der Waals surface area contributed by atoms with Crippen molar-refractivity contribution in [3.8, 4) is 11.1 Å². The minimum atomic E-state index is -0.944. The second kappa shape index (κ2) is 13.2. The lowest BCUT2D eigenvalue weighted by molar-refractivity contribution is 0.0348. The molecule has 5 N–H and O–H groups in total. The van der Waals surface area contributed by atoms with Gasteiger partial charge in [0.1, 0.15) is 0 Å². The SMILES string of the molecule is Cc1c(C(=O)O)ccc(-c2ccccc2)c1CCOC[C@H](O)CNC(C)(C)Cc1ccc(CN)c(Cl)c1. The monoisotopic (exact) mass is 524 g/mol. The lowest BCUT2D eigenvalue weighted by atomic mass is 9.91. The van der Waals surface area contributed by atoms with E-state index in [1.54, 1.807) is 6.07 Å². The predicted octanol–water partition coefficient (Wildman–Crippen LogP) is 5.00. The number of rotatable bonds is 13. The van der Waals surface area contributed by atoms with Gasteiger partial charge in [-0.1, -0.05) is 60.1 Å². The molecule has 0 spiro atoms. The molecule has 0 aliphatic rings. The fraction of sp³-hybridized carbons (Fsp3) is 0.367. The van der Waals surface area contributed by atoms with E-state index in [-0.39, 0.29) is 12.1 Å². The van der Waals surface area contributed by atoms with Crippen molar-refractivity contribution >= 4 is 17.6 Å². The Morgan fingerprint density at radius 1 is 1.14 bits per heavy atom. The summed E-state index contributed by atoms with van der Waals surface area (Å²) < 4.78 is 5.80. The zero-order valence-corrected chi connectivity index (χ0v) is 22.5. The maximum absolute atomic E-state index is 11.7. The van der Waals surface area contributed by atoms with Crippen LogP contribution >= 0.6 is 11.6 Å². The third-order valence-electron chi connectivity index (χ3n) is 6.52. The van der Waals surface area contributed by atoms with Crippen LogP contribution in [0.15, 0.2) is 60.7 Å². The second-order valence-electron chi connectivity index (χ2n) is 9.99. The van der Waals surface area contributed by atoms with Crippen LogP contribution in [0, 0.1) is 6.92 Å². The number of carbonyl (C=O) groups is 1. The van der Waals surface area contributed by atoms with Gasteiger partial charge in [0.15, 0.2) is 0 Å². The molecule has 7 heteroatoms. The molecular formula is C30H37ClN2O4. The first-order valence-corrected chi connectivity index (χ1v) is 12.9. The van der Waals surface area contributed by atoms with Crippen molar-refractivity contribution in [2.45, 2.75) is 51.8 Å². The number of carboxylic acid groups (broad SMARTS) is 1. The van der Waals surface area contributed by atoms with Gasteiger partial charge in [-0.05, 0) is 79.1 Å². The van der Waals surface area contributed by atoms with Gasteiger partial charge in [-0.3, -0.25) is 0 Å². The molecule has 3 rings (SSSR count). The molecule has 0 amide bonds. The largest absolute Gasteiger partial charge is 0.478 e. The Balaban J connectivity index is 1.53. The molecule has 3 aromatic carbocycles. The lowest BCUT2D eigenvalue weighted by Gasteiger charge is -2.28. The van der Waals surface area contributed by atoms with Crippen molar-refractivity contribution in [2.24, 2.45) is 5.73 Å². The summed E-state index contributed by atoms with van der Waals surface area (Å²) in [5.41, 5.74) is 11.5. The maximum Gasteiger partial charge on any atom is 0.335 e. The number of benzene rings is 3. The molecule has 0 radical (unpaired) electrons. The van der Waals surface area contributed by atoms with Gasteiger partial charge in [0, 0.05) is 23.7 Å². The molecule has 3 aromatic rings. The maximum atomic E-state index is 11.7. The number of nitrogens with two attached hydrogens (primary N) is 1. The molecule has 0 aromatic heterocycles. The third-order valence-corrected chi connectivity index (χ3v) is 6.87. The van der Waals surface area contributed by atoms with E-state index in [2.05, 4.69) is 19.2 Å². The van der Waals surface area contributed by atoms with Crippen molar-refractivity contribution in [3.63, 3.8) is 0 Å².